The Morgan fingerprint density at radius 2 is 1.65 bits per heavy atom. The molecular formula is C16H18N2O2. The number of nitrogens with zero attached hydrogens (tertiary/aromatic N) is 2. The van der Waals surface area contributed by atoms with Crippen LogP contribution in [0.3, 0.4) is 0 Å². The van der Waals surface area contributed by atoms with Crippen LogP contribution < -0.4 is 0 Å². The first-order chi connectivity index (χ1) is 9.46. The van der Waals surface area contributed by atoms with Gasteiger partial charge in [-0.15, -0.1) is 0 Å². The largest absolute Gasteiger partial charge is 0.274 e. The number of unbranched alkanes of at least 4 members (excludes halogenated alkanes) is 1. The van der Waals surface area contributed by atoms with Gasteiger partial charge in [0.05, 0.1) is 22.6 Å². The van der Waals surface area contributed by atoms with Gasteiger partial charge in [0.25, 0.3) is 11.8 Å². The fourth-order valence-electron chi connectivity index (χ4n) is 2.33. The third-order valence-corrected chi connectivity index (χ3v) is 3.61. The number of benzene rings is 1. The molecule has 0 saturated heterocycles. The van der Waals surface area contributed by atoms with Crippen LogP contribution in [0.1, 0.15) is 53.8 Å². The lowest BCUT2D eigenvalue weighted by Gasteiger charge is -2.17. The molecule has 2 rings (SSSR count). The molecule has 1 heterocycles. The molecule has 1 aromatic carbocycles. The standard InChI is InChI=1S/C16H18N2O2/c1-16(2,11-17)9-5-6-10-18-14(19)12-7-3-4-8-13(12)15(18)20/h3-4,7-8H,5-6,9-10H2,1-2H3. The van der Waals surface area contributed by atoms with Crippen molar-refractivity contribution >= 4 is 11.8 Å². The van der Waals surface area contributed by atoms with Crippen molar-refractivity contribution in [3.63, 3.8) is 0 Å². The number of carbonyl (C=O) groups is 2. The van der Waals surface area contributed by atoms with Crippen molar-refractivity contribution in [1.82, 2.24) is 4.90 Å². The molecule has 4 nitrogen and oxygen atoms in total. The van der Waals surface area contributed by atoms with E-state index in [0.29, 0.717) is 17.7 Å². The molecule has 0 aromatic heterocycles. The maximum atomic E-state index is 12.1. The monoisotopic (exact) mass is 270 g/mol. The molecule has 0 spiro atoms. The van der Waals surface area contributed by atoms with Crippen LogP contribution in [0.4, 0.5) is 0 Å². The molecular weight excluding hydrogens is 252 g/mol. The molecule has 2 amide bonds. The van der Waals surface area contributed by atoms with Gasteiger partial charge in [-0.05, 0) is 38.8 Å². The highest BCUT2D eigenvalue weighted by Crippen LogP contribution is 2.25. The summed E-state index contributed by atoms with van der Waals surface area (Å²) in [6, 6.07) is 9.17. The van der Waals surface area contributed by atoms with Crippen LogP contribution in [0, 0.1) is 16.7 Å². The average molecular weight is 270 g/mol. The second-order valence-corrected chi connectivity index (χ2v) is 5.76. The Balaban J connectivity index is 1.92. The molecule has 1 aromatic rings. The van der Waals surface area contributed by atoms with Crippen molar-refractivity contribution in [3.8, 4) is 6.07 Å². The van der Waals surface area contributed by atoms with Crippen molar-refractivity contribution < 1.29 is 9.59 Å². The molecule has 104 valence electrons. The fourth-order valence-corrected chi connectivity index (χ4v) is 2.33. The van der Waals surface area contributed by atoms with Crippen molar-refractivity contribution in [2.24, 2.45) is 5.41 Å². The number of imide groups is 1. The third kappa shape index (κ3) is 2.72. The van der Waals surface area contributed by atoms with Crippen LogP contribution in [0.15, 0.2) is 24.3 Å². The van der Waals surface area contributed by atoms with E-state index >= 15 is 0 Å². The predicted molar refractivity (Wildman–Crippen MR) is 75.1 cm³/mol. The maximum absolute atomic E-state index is 12.1. The Kier molecular flexibility index (Phi) is 3.89. The highest BCUT2D eigenvalue weighted by atomic mass is 16.2. The molecule has 20 heavy (non-hydrogen) atoms. The summed E-state index contributed by atoms with van der Waals surface area (Å²) in [5, 5.41) is 8.94. The van der Waals surface area contributed by atoms with Crippen molar-refractivity contribution in [2.75, 3.05) is 6.54 Å². The zero-order valence-corrected chi connectivity index (χ0v) is 11.8. The van der Waals surface area contributed by atoms with Gasteiger partial charge >= 0.3 is 0 Å². The van der Waals surface area contributed by atoms with Crippen molar-refractivity contribution in [1.29, 1.82) is 5.26 Å². The van der Waals surface area contributed by atoms with E-state index in [9.17, 15) is 9.59 Å². The molecule has 0 aliphatic carbocycles. The van der Waals surface area contributed by atoms with E-state index in [2.05, 4.69) is 6.07 Å². The Morgan fingerprint density at radius 1 is 1.10 bits per heavy atom. The van der Waals surface area contributed by atoms with Crippen LogP contribution in [-0.4, -0.2) is 23.3 Å². The van der Waals surface area contributed by atoms with Gasteiger partial charge in [0.2, 0.25) is 0 Å². The molecule has 1 aliphatic heterocycles. The van der Waals surface area contributed by atoms with E-state index in [1.807, 2.05) is 13.8 Å². The lowest BCUT2D eigenvalue weighted by atomic mass is 9.89. The van der Waals surface area contributed by atoms with Gasteiger partial charge in [0.1, 0.15) is 0 Å². The van der Waals surface area contributed by atoms with Gasteiger partial charge in [0.15, 0.2) is 0 Å². The highest BCUT2D eigenvalue weighted by molar-refractivity contribution is 6.21. The number of nitriles is 1. The summed E-state index contributed by atoms with van der Waals surface area (Å²) in [6.07, 6.45) is 2.33. The molecule has 0 atom stereocenters. The summed E-state index contributed by atoms with van der Waals surface area (Å²) in [5.74, 6) is -0.407. The normalized spacial score (nSPS) is 14.3. The summed E-state index contributed by atoms with van der Waals surface area (Å²) >= 11 is 0. The highest BCUT2D eigenvalue weighted by Gasteiger charge is 2.34. The maximum Gasteiger partial charge on any atom is 0.261 e. The van der Waals surface area contributed by atoms with Crippen LogP contribution in [0.25, 0.3) is 0 Å². The topological polar surface area (TPSA) is 61.2 Å². The van der Waals surface area contributed by atoms with Crippen LogP contribution in [-0.2, 0) is 0 Å². The van der Waals surface area contributed by atoms with Crippen molar-refractivity contribution in [3.05, 3.63) is 35.4 Å². The Morgan fingerprint density at radius 3 is 2.15 bits per heavy atom. The van der Waals surface area contributed by atoms with Gasteiger partial charge in [-0.1, -0.05) is 18.6 Å². The van der Waals surface area contributed by atoms with Gasteiger partial charge in [0, 0.05) is 6.54 Å². The predicted octanol–water partition coefficient (Wildman–Crippen LogP) is 3.00. The Bertz CT molecular complexity index is 549. The Hall–Kier alpha value is -2.15. The van der Waals surface area contributed by atoms with E-state index in [0.717, 1.165) is 19.3 Å². The van der Waals surface area contributed by atoms with Crippen LogP contribution >= 0.6 is 0 Å². The smallest absolute Gasteiger partial charge is 0.261 e. The molecule has 0 bridgehead atoms. The number of amides is 2. The molecule has 0 fully saturated rings. The number of carbonyl (C=O) groups excluding carboxylic acids is 2. The summed E-state index contributed by atoms with van der Waals surface area (Å²) < 4.78 is 0. The van der Waals surface area contributed by atoms with E-state index in [1.165, 1.54) is 4.90 Å². The first-order valence-electron chi connectivity index (χ1n) is 6.83. The van der Waals surface area contributed by atoms with Gasteiger partial charge < -0.3 is 0 Å². The van der Waals surface area contributed by atoms with E-state index in [-0.39, 0.29) is 17.2 Å². The van der Waals surface area contributed by atoms with Gasteiger partial charge in [-0.2, -0.15) is 5.26 Å². The summed E-state index contributed by atoms with van der Waals surface area (Å²) in [4.78, 5) is 25.5. The average Bonchev–Trinajstić information content (AvgIpc) is 2.68. The summed E-state index contributed by atoms with van der Waals surface area (Å²) in [7, 11) is 0. The number of hydrogen-bond acceptors (Lipinski definition) is 3. The molecule has 0 unspecified atom stereocenters. The molecule has 0 N–H and O–H groups in total. The SMILES string of the molecule is CC(C)(C#N)CCCCN1C(=O)c2ccccc2C1=O. The lowest BCUT2D eigenvalue weighted by Crippen LogP contribution is -2.30. The molecule has 1 aliphatic rings. The minimum Gasteiger partial charge on any atom is -0.274 e. The van der Waals surface area contributed by atoms with Gasteiger partial charge in [-0.25, -0.2) is 0 Å². The number of hydrogen-bond donors (Lipinski definition) is 0. The third-order valence-electron chi connectivity index (χ3n) is 3.61. The number of rotatable bonds is 5. The molecule has 4 heteroatoms. The minimum atomic E-state index is -0.345. The van der Waals surface area contributed by atoms with E-state index < -0.39 is 0 Å². The molecule has 0 saturated carbocycles. The zero-order valence-electron chi connectivity index (χ0n) is 11.8. The fraction of sp³-hybridized carbons (Fsp3) is 0.438. The van der Waals surface area contributed by atoms with E-state index in [4.69, 9.17) is 5.26 Å². The number of fused-ring (bicyclic) bond motifs is 1. The van der Waals surface area contributed by atoms with Gasteiger partial charge in [-0.3, -0.25) is 14.5 Å². The minimum absolute atomic E-state index is 0.204. The van der Waals surface area contributed by atoms with Crippen LogP contribution in [0.2, 0.25) is 0 Å². The lowest BCUT2D eigenvalue weighted by molar-refractivity contribution is 0.0651. The Labute approximate surface area is 119 Å². The van der Waals surface area contributed by atoms with E-state index in [1.54, 1.807) is 24.3 Å². The van der Waals surface area contributed by atoms with Crippen molar-refractivity contribution in [2.45, 2.75) is 33.1 Å². The zero-order chi connectivity index (χ0) is 14.8. The first-order valence-corrected chi connectivity index (χ1v) is 6.83. The second-order valence-electron chi connectivity index (χ2n) is 5.76. The summed E-state index contributed by atoms with van der Waals surface area (Å²) in [5.41, 5.74) is 0.645. The van der Waals surface area contributed by atoms with Crippen LogP contribution in [0.5, 0.6) is 0 Å². The summed E-state index contributed by atoms with van der Waals surface area (Å²) in [6.45, 7) is 4.22. The first kappa shape index (κ1) is 14.3. The second kappa shape index (κ2) is 5.46. The molecule has 0 radical (unpaired) electrons. The quantitative estimate of drug-likeness (QED) is 0.610.